The van der Waals surface area contributed by atoms with Gasteiger partial charge < -0.3 is 0 Å². The normalized spacial score (nSPS) is 17.7. The highest BCUT2D eigenvalue weighted by atomic mass is 16.2. The number of aryl methyl sites for hydroxylation is 1. The van der Waals surface area contributed by atoms with Gasteiger partial charge in [-0.25, -0.2) is 4.79 Å². The molecule has 0 aromatic heterocycles. The zero-order valence-corrected chi connectivity index (χ0v) is 10.3. The predicted octanol–water partition coefficient (Wildman–Crippen LogP) is 1.52. The van der Waals surface area contributed by atoms with E-state index in [1.165, 1.54) is 0 Å². The second-order valence-corrected chi connectivity index (χ2v) is 4.33. The molecule has 0 aliphatic carbocycles. The van der Waals surface area contributed by atoms with Crippen LogP contribution in [0.4, 0.5) is 4.79 Å². The van der Waals surface area contributed by atoms with Gasteiger partial charge in [-0.15, -0.1) is 0 Å². The average Bonchev–Trinajstić information content (AvgIpc) is 2.27. The highest BCUT2D eigenvalue weighted by molar-refractivity contribution is 6.14. The Morgan fingerprint density at radius 1 is 1.22 bits per heavy atom. The third-order valence-electron chi connectivity index (χ3n) is 3.07. The molecule has 1 heterocycles. The number of carbonyl (C=O) groups is 3. The summed E-state index contributed by atoms with van der Waals surface area (Å²) in [7, 11) is 0. The molecule has 94 valence electrons. The number of carbonyl (C=O) groups excluding carboxylic acids is 3. The fourth-order valence-electron chi connectivity index (χ4n) is 2.15. The van der Waals surface area contributed by atoms with Crippen LogP contribution >= 0.6 is 0 Å². The summed E-state index contributed by atoms with van der Waals surface area (Å²) in [5.74, 6) is -1.00. The molecule has 5 heteroatoms. The van der Waals surface area contributed by atoms with Crippen LogP contribution in [0.5, 0.6) is 0 Å². The summed E-state index contributed by atoms with van der Waals surface area (Å²) < 4.78 is 0. The van der Waals surface area contributed by atoms with Crippen molar-refractivity contribution in [1.29, 1.82) is 0 Å². The first-order valence-corrected chi connectivity index (χ1v) is 5.72. The van der Waals surface area contributed by atoms with Gasteiger partial charge in [-0.05, 0) is 25.0 Å². The number of urea groups is 1. The SMILES string of the molecule is Cc1ccccc1C(C)N1C(=O)CC(=O)NC1=O. The second kappa shape index (κ2) is 4.60. The van der Waals surface area contributed by atoms with Gasteiger partial charge in [-0.1, -0.05) is 24.3 Å². The number of rotatable bonds is 2. The number of imide groups is 2. The van der Waals surface area contributed by atoms with Crippen LogP contribution in [-0.2, 0) is 9.59 Å². The smallest absolute Gasteiger partial charge is 0.277 e. The van der Waals surface area contributed by atoms with Crippen LogP contribution in [0.15, 0.2) is 24.3 Å². The van der Waals surface area contributed by atoms with E-state index >= 15 is 0 Å². The standard InChI is InChI=1S/C13H14N2O3/c1-8-5-3-4-6-10(8)9(2)15-12(17)7-11(16)14-13(15)18/h3-6,9H,7H2,1-2H3,(H,14,16,18). The van der Waals surface area contributed by atoms with Crippen LogP contribution in [-0.4, -0.2) is 22.7 Å². The van der Waals surface area contributed by atoms with E-state index in [4.69, 9.17) is 0 Å². The number of benzene rings is 1. The maximum absolute atomic E-state index is 11.8. The van der Waals surface area contributed by atoms with Gasteiger partial charge in [0.05, 0.1) is 6.04 Å². The van der Waals surface area contributed by atoms with Gasteiger partial charge in [-0.2, -0.15) is 0 Å². The Bertz CT molecular complexity index is 505. The number of barbiturate groups is 1. The van der Waals surface area contributed by atoms with E-state index in [1.807, 2.05) is 31.2 Å². The summed E-state index contributed by atoms with van der Waals surface area (Å²) in [4.78, 5) is 35.7. The molecule has 0 saturated carbocycles. The lowest BCUT2D eigenvalue weighted by Gasteiger charge is -2.31. The molecule has 0 spiro atoms. The Morgan fingerprint density at radius 2 is 1.89 bits per heavy atom. The van der Waals surface area contributed by atoms with Crippen molar-refractivity contribution in [2.24, 2.45) is 0 Å². The molecule has 1 unspecified atom stereocenters. The quantitative estimate of drug-likeness (QED) is 0.804. The number of hydrogen-bond acceptors (Lipinski definition) is 3. The molecule has 0 radical (unpaired) electrons. The van der Waals surface area contributed by atoms with Crippen LogP contribution in [0, 0.1) is 6.92 Å². The van der Waals surface area contributed by atoms with Crippen molar-refractivity contribution in [3.63, 3.8) is 0 Å². The summed E-state index contributed by atoms with van der Waals surface area (Å²) in [5.41, 5.74) is 1.90. The fourth-order valence-corrected chi connectivity index (χ4v) is 2.15. The van der Waals surface area contributed by atoms with Gasteiger partial charge in [0, 0.05) is 0 Å². The molecular weight excluding hydrogens is 232 g/mol. The first kappa shape index (κ1) is 12.3. The molecule has 0 bridgehead atoms. The van der Waals surface area contributed by atoms with E-state index < -0.39 is 17.8 Å². The Balaban J connectivity index is 2.31. The van der Waals surface area contributed by atoms with Crippen molar-refractivity contribution in [3.8, 4) is 0 Å². The van der Waals surface area contributed by atoms with E-state index in [9.17, 15) is 14.4 Å². The van der Waals surface area contributed by atoms with Crippen LogP contribution in [0.1, 0.15) is 30.5 Å². The van der Waals surface area contributed by atoms with E-state index in [-0.39, 0.29) is 12.5 Å². The van der Waals surface area contributed by atoms with Crippen molar-refractivity contribution in [3.05, 3.63) is 35.4 Å². The van der Waals surface area contributed by atoms with Crippen molar-refractivity contribution in [1.82, 2.24) is 10.2 Å². The van der Waals surface area contributed by atoms with Gasteiger partial charge in [0.25, 0.3) is 0 Å². The van der Waals surface area contributed by atoms with Gasteiger partial charge in [-0.3, -0.25) is 19.8 Å². The molecule has 1 N–H and O–H groups in total. The highest BCUT2D eigenvalue weighted by Crippen LogP contribution is 2.25. The van der Waals surface area contributed by atoms with E-state index in [0.717, 1.165) is 16.0 Å². The molecule has 1 atom stereocenters. The largest absolute Gasteiger partial charge is 0.331 e. The van der Waals surface area contributed by atoms with Crippen molar-refractivity contribution >= 4 is 17.8 Å². The van der Waals surface area contributed by atoms with E-state index in [0.29, 0.717) is 0 Å². The number of nitrogens with one attached hydrogen (secondary N) is 1. The van der Waals surface area contributed by atoms with Crippen molar-refractivity contribution in [2.75, 3.05) is 0 Å². The minimum Gasteiger partial charge on any atom is -0.277 e. The summed E-state index contributed by atoms with van der Waals surface area (Å²) >= 11 is 0. The van der Waals surface area contributed by atoms with Gasteiger partial charge >= 0.3 is 6.03 Å². The molecule has 1 saturated heterocycles. The molecule has 1 aromatic carbocycles. The van der Waals surface area contributed by atoms with Crippen molar-refractivity contribution < 1.29 is 14.4 Å². The average molecular weight is 246 g/mol. The van der Waals surface area contributed by atoms with Crippen LogP contribution in [0.2, 0.25) is 0 Å². The Kier molecular flexibility index (Phi) is 3.14. The summed E-state index contributed by atoms with van der Waals surface area (Å²) in [6.07, 6.45) is -0.276. The molecule has 1 aliphatic heterocycles. The zero-order chi connectivity index (χ0) is 13.3. The molecular formula is C13H14N2O3. The Hall–Kier alpha value is -2.17. The minimum absolute atomic E-state index is 0.276. The molecule has 1 fully saturated rings. The van der Waals surface area contributed by atoms with Crippen LogP contribution in [0.3, 0.4) is 0 Å². The Morgan fingerprint density at radius 3 is 2.50 bits per heavy atom. The summed E-state index contributed by atoms with van der Waals surface area (Å²) in [6.45, 7) is 3.69. The first-order valence-electron chi connectivity index (χ1n) is 5.72. The molecule has 2 rings (SSSR count). The zero-order valence-electron chi connectivity index (χ0n) is 10.3. The highest BCUT2D eigenvalue weighted by Gasteiger charge is 2.35. The molecule has 4 amide bonds. The molecule has 1 aromatic rings. The van der Waals surface area contributed by atoms with Gasteiger partial charge in [0.2, 0.25) is 11.8 Å². The number of nitrogens with zero attached hydrogens (tertiary/aromatic N) is 1. The maximum atomic E-state index is 11.8. The number of amides is 4. The maximum Gasteiger partial charge on any atom is 0.331 e. The van der Waals surface area contributed by atoms with Gasteiger partial charge in [0.1, 0.15) is 6.42 Å². The van der Waals surface area contributed by atoms with Gasteiger partial charge in [0.15, 0.2) is 0 Å². The summed E-state index contributed by atoms with van der Waals surface area (Å²) in [6, 6.07) is 6.52. The molecule has 18 heavy (non-hydrogen) atoms. The van der Waals surface area contributed by atoms with E-state index in [2.05, 4.69) is 5.32 Å². The Labute approximate surface area is 105 Å². The lowest BCUT2D eigenvalue weighted by Crippen LogP contribution is -2.53. The predicted molar refractivity (Wildman–Crippen MR) is 64.6 cm³/mol. The fraction of sp³-hybridized carbons (Fsp3) is 0.308. The number of hydrogen-bond donors (Lipinski definition) is 1. The minimum atomic E-state index is -0.646. The topological polar surface area (TPSA) is 66.5 Å². The monoisotopic (exact) mass is 246 g/mol. The van der Waals surface area contributed by atoms with E-state index in [1.54, 1.807) is 6.92 Å². The summed E-state index contributed by atoms with van der Waals surface area (Å²) in [5, 5.41) is 2.16. The lowest BCUT2D eigenvalue weighted by atomic mass is 10.0. The third kappa shape index (κ3) is 2.11. The lowest BCUT2D eigenvalue weighted by molar-refractivity contribution is -0.137. The second-order valence-electron chi connectivity index (χ2n) is 4.33. The first-order chi connectivity index (χ1) is 8.50. The van der Waals surface area contributed by atoms with Crippen molar-refractivity contribution in [2.45, 2.75) is 26.3 Å². The third-order valence-corrected chi connectivity index (χ3v) is 3.07. The molecule has 5 nitrogen and oxygen atoms in total. The molecule has 1 aliphatic rings. The van der Waals surface area contributed by atoms with Crippen LogP contribution in [0.25, 0.3) is 0 Å². The van der Waals surface area contributed by atoms with Crippen LogP contribution < -0.4 is 5.32 Å².